The standard InChI is InChI=1S/C17H22N4O4S/c1-2-4-15(18)13-6-8-14(9-7-13)25-16(22)5-3-12-21(26(23)24)17-19-10-11-20-17/h6-11,18,26H,2-5,12H2,1H3,(H,19,20). The minimum Gasteiger partial charge on any atom is -0.427 e. The number of carbonyl (C=O) groups excluding carboxylic acids is 1. The van der Waals surface area contributed by atoms with Crippen molar-refractivity contribution in [2.75, 3.05) is 10.8 Å². The van der Waals surface area contributed by atoms with Gasteiger partial charge in [-0.3, -0.25) is 4.79 Å². The zero-order valence-corrected chi connectivity index (χ0v) is 15.4. The molecule has 0 amide bonds. The van der Waals surface area contributed by atoms with E-state index < -0.39 is 16.9 Å². The van der Waals surface area contributed by atoms with Crippen molar-refractivity contribution in [3.05, 3.63) is 42.2 Å². The maximum atomic E-state index is 11.9. The normalized spacial score (nSPS) is 10.7. The number of aromatic nitrogens is 2. The summed E-state index contributed by atoms with van der Waals surface area (Å²) in [5, 5.41) is 7.90. The second-order valence-electron chi connectivity index (χ2n) is 5.60. The molecule has 0 unspecified atom stereocenters. The number of nitrogens with one attached hydrogen (secondary N) is 2. The molecule has 0 saturated heterocycles. The van der Waals surface area contributed by atoms with Gasteiger partial charge in [0.25, 0.3) is 0 Å². The number of nitrogens with zero attached hydrogens (tertiary/aromatic N) is 2. The van der Waals surface area contributed by atoms with Gasteiger partial charge in [0.15, 0.2) is 0 Å². The van der Waals surface area contributed by atoms with Gasteiger partial charge < -0.3 is 15.1 Å². The molecule has 2 rings (SSSR count). The van der Waals surface area contributed by atoms with Crippen LogP contribution in [0.15, 0.2) is 36.7 Å². The van der Waals surface area contributed by atoms with E-state index in [1.807, 2.05) is 6.92 Å². The van der Waals surface area contributed by atoms with Crippen LogP contribution in [-0.2, 0) is 15.7 Å². The van der Waals surface area contributed by atoms with E-state index in [-0.39, 0.29) is 18.9 Å². The first-order chi connectivity index (χ1) is 12.5. The molecular weight excluding hydrogens is 356 g/mol. The molecule has 0 radical (unpaired) electrons. The Hall–Kier alpha value is -2.68. The first kappa shape index (κ1) is 19.6. The summed E-state index contributed by atoms with van der Waals surface area (Å²) >= 11 is 0. The predicted octanol–water partition coefficient (Wildman–Crippen LogP) is 2.30. The van der Waals surface area contributed by atoms with Gasteiger partial charge in [-0.25, -0.2) is 17.7 Å². The lowest BCUT2D eigenvalue weighted by molar-refractivity contribution is -0.134. The van der Waals surface area contributed by atoms with E-state index >= 15 is 0 Å². The Morgan fingerprint density at radius 2 is 2.00 bits per heavy atom. The Balaban J connectivity index is 1.82. The van der Waals surface area contributed by atoms with Gasteiger partial charge >= 0.3 is 5.97 Å². The number of H-pyrrole nitrogens is 1. The van der Waals surface area contributed by atoms with Crippen LogP contribution >= 0.6 is 0 Å². The molecule has 1 heterocycles. The van der Waals surface area contributed by atoms with Crippen molar-refractivity contribution in [2.24, 2.45) is 0 Å². The molecule has 0 aliphatic rings. The molecule has 1 aromatic carbocycles. The van der Waals surface area contributed by atoms with Gasteiger partial charge in [0.1, 0.15) is 5.75 Å². The van der Waals surface area contributed by atoms with Gasteiger partial charge in [-0.15, -0.1) is 0 Å². The third-order valence-corrected chi connectivity index (χ3v) is 4.39. The Labute approximate surface area is 153 Å². The largest absolute Gasteiger partial charge is 0.427 e. The van der Waals surface area contributed by atoms with E-state index in [1.165, 1.54) is 12.4 Å². The van der Waals surface area contributed by atoms with Gasteiger partial charge in [-0.2, -0.15) is 0 Å². The van der Waals surface area contributed by atoms with E-state index in [4.69, 9.17) is 10.1 Å². The van der Waals surface area contributed by atoms with Crippen LogP contribution in [0.3, 0.4) is 0 Å². The Morgan fingerprint density at radius 3 is 2.58 bits per heavy atom. The fourth-order valence-corrected chi connectivity index (χ4v) is 2.91. The van der Waals surface area contributed by atoms with Crippen LogP contribution in [0.2, 0.25) is 0 Å². The maximum Gasteiger partial charge on any atom is 0.311 e. The van der Waals surface area contributed by atoms with Crippen LogP contribution in [0.5, 0.6) is 5.75 Å². The number of rotatable bonds is 10. The molecule has 0 atom stereocenters. The Kier molecular flexibility index (Phi) is 7.34. The molecule has 0 saturated carbocycles. The molecule has 26 heavy (non-hydrogen) atoms. The minimum atomic E-state index is -2.84. The summed E-state index contributed by atoms with van der Waals surface area (Å²) in [5.41, 5.74) is 1.36. The number of thiol groups is 1. The maximum absolute atomic E-state index is 11.9. The fraction of sp³-hybridized carbons (Fsp3) is 0.353. The first-order valence-electron chi connectivity index (χ1n) is 8.31. The molecule has 9 heteroatoms. The lowest BCUT2D eigenvalue weighted by Gasteiger charge is -2.13. The van der Waals surface area contributed by atoms with Crippen molar-refractivity contribution in [1.82, 2.24) is 9.97 Å². The Bertz CT molecular complexity index is 793. The van der Waals surface area contributed by atoms with Crippen LogP contribution in [0.4, 0.5) is 5.95 Å². The molecule has 0 aliphatic carbocycles. The average molecular weight is 378 g/mol. The highest BCUT2D eigenvalue weighted by Gasteiger charge is 2.13. The smallest absolute Gasteiger partial charge is 0.311 e. The number of carbonyl (C=O) groups is 1. The number of imidazole rings is 1. The number of hydrogen-bond donors (Lipinski definition) is 3. The van der Waals surface area contributed by atoms with E-state index in [2.05, 4.69) is 9.97 Å². The topological polar surface area (TPSA) is 116 Å². The number of aromatic amines is 1. The van der Waals surface area contributed by atoms with Crippen molar-refractivity contribution in [2.45, 2.75) is 32.6 Å². The lowest BCUT2D eigenvalue weighted by atomic mass is 10.1. The summed E-state index contributed by atoms with van der Waals surface area (Å²) in [4.78, 5) is 18.5. The highest BCUT2D eigenvalue weighted by atomic mass is 32.2. The SMILES string of the molecule is CCCC(=N)c1ccc(OC(=O)CCCN(c2ncc[nH]2)[SH](=O)=O)cc1. The third kappa shape index (κ3) is 5.69. The number of ether oxygens (including phenoxy) is 1. The second kappa shape index (κ2) is 9.71. The van der Waals surface area contributed by atoms with Gasteiger partial charge in [-0.1, -0.05) is 13.3 Å². The minimum absolute atomic E-state index is 0.0772. The summed E-state index contributed by atoms with van der Waals surface area (Å²) in [7, 11) is -2.84. The molecule has 0 bridgehead atoms. The monoisotopic (exact) mass is 378 g/mol. The van der Waals surface area contributed by atoms with Gasteiger partial charge in [0.2, 0.25) is 16.8 Å². The highest BCUT2D eigenvalue weighted by molar-refractivity contribution is 7.74. The number of benzene rings is 1. The summed E-state index contributed by atoms with van der Waals surface area (Å²) in [5.74, 6) is 0.183. The summed E-state index contributed by atoms with van der Waals surface area (Å²) in [6.45, 7) is 2.15. The number of anilines is 1. The molecule has 140 valence electrons. The van der Waals surface area contributed by atoms with Crippen LogP contribution in [0.25, 0.3) is 0 Å². The molecule has 2 aromatic rings. The molecule has 8 nitrogen and oxygen atoms in total. The first-order valence-corrected chi connectivity index (χ1v) is 9.44. The molecule has 1 aromatic heterocycles. The Morgan fingerprint density at radius 1 is 1.27 bits per heavy atom. The van der Waals surface area contributed by atoms with Crippen molar-refractivity contribution < 1.29 is 17.9 Å². The van der Waals surface area contributed by atoms with E-state index in [1.54, 1.807) is 24.3 Å². The highest BCUT2D eigenvalue weighted by Crippen LogP contribution is 2.15. The second-order valence-corrected chi connectivity index (χ2v) is 6.56. The van der Waals surface area contributed by atoms with Crippen LogP contribution in [-0.4, -0.2) is 36.6 Å². The van der Waals surface area contributed by atoms with Crippen molar-refractivity contribution in [1.29, 1.82) is 5.41 Å². The molecular formula is C17H22N4O4S. The number of esters is 1. The van der Waals surface area contributed by atoms with Crippen molar-refractivity contribution in [3.8, 4) is 5.75 Å². The van der Waals surface area contributed by atoms with Gasteiger partial charge in [0, 0.05) is 31.1 Å². The molecule has 0 spiro atoms. The molecule has 0 fully saturated rings. The van der Waals surface area contributed by atoms with E-state index in [0.29, 0.717) is 24.3 Å². The zero-order chi connectivity index (χ0) is 18.9. The van der Waals surface area contributed by atoms with Gasteiger partial charge in [0.05, 0.1) is 0 Å². The quantitative estimate of drug-likeness (QED) is 0.254. The van der Waals surface area contributed by atoms with E-state index in [9.17, 15) is 13.2 Å². The summed E-state index contributed by atoms with van der Waals surface area (Å²) in [6.07, 6.45) is 4.97. The van der Waals surface area contributed by atoms with Crippen molar-refractivity contribution in [3.63, 3.8) is 0 Å². The van der Waals surface area contributed by atoms with Crippen molar-refractivity contribution >= 4 is 28.5 Å². The summed E-state index contributed by atoms with van der Waals surface area (Å²) < 4.78 is 28.9. The zero-order valence-electron chi connectivity index (χ0n) is 14.5. The predicted molar refractivity (Wildman–Crippen MR) is 99.3 cm³/mol. The third-order valence-electron chi connectivity index (χ3n) is 3.61. The average Bonchev–Trinajstić information content (AvgIpc) is 3.13. The van der Waals surface area contributed by atoms with E-state index in [0.717, 1.165) is 16.3 Å². The van der Waals surface area contributed by atoms with Gasteiger partial charge in [-0.05, 0) is 42.7 Å². The van der Waals surface area contributed by atoms with Crippen LogP contribution < -0.4 is 9.04 Å². The lowest BCUT2D eigenvalue weighted by Crippen LogP contribution is -2.24. The van der Waals surface area contributed by atoms with Crippen LogP contribution in [0, 0.1) is 5.41 Å². The molecule has 2 N–H and O–H groups in total. The fourth-order valence-electron chi connectivity index (χ4n) is 2.34. The summed E-state index contributed by atoms with van der Waals surface area (Å²) in [6, 6.07) is 6.81. The number of hydrogen-bond acceptors (Lipinski definition) is 6. The molecule has 0 aliphatic heterocycles. The van der Waals surface area contributed by atoms with Crippen LogP contribution in [0.1, 0.15) is 38.2 Å².